The number of aromatic nitrogens is 3. The number of carbonyl (C=O) groups is 1. The average molecular weight is 605 g/mol. The second kappa shape index (κ2) is 11.8. The van der Waals surface area contributed by atoms with E-state index in [4.69, 9.17) is 14.2 Å². The molecule has 40 heavy (non-hydrogen) atoms. The van der Waals surface area contributed by atoms with Gasteiger partial charge in [0.1, 0.15) is 24.7 Å². The Kier molecular flexibility index (Phi) is 8.06. The Morgan fingerprint density at radius 1 is 1.07 bits per heavy atom. The van der Waals surface area contributed by atoms with E-state index in [1.54, 1.807) is 11.8 Å². The fourth-order valence-electron chi connectivity index (χ4n) is 4.61. The number of anilines is 2. The molecule has 9 nitrogen and oxygen atoms in total. The molecule has 0 fully saturated rings. The van der Waals surface area contributed by atoms with Crippen LogP contribution < -0.4 is 24.8 Å². The summed E-state index contributed by atoms with van der Waals surface area (Å²) in [5, 5.41) is 10.7. The lowest BCUT2D eigenvalue weighted by Gasteiger charge is -2.29. The zero-order valence-electron chi connectivity index (χ0n) is 22.7. The largest absolute Gasteiger partial charge is 0.493 e. The molecular formula is C30H30BrN5O4. The fourth-order valence-corrected chi connectivity index (χ4v) is 5.19. The molecule has 1 aliphatic rings. The van der Waals surface area contributed by atoms with Gasteiger partial charge in [0, 0.05) is 5.70 Å². The summed E-state index contributed by atoms with van der Waals surface area (Å²) < 4.78 is 20.0. The van der Waals surface area contributed by atoms with Gasteiger partial charge < -0.3 is 24.8 Å². The highest BCUT2D eigenvalue weighted by Crippen LogP contribution is 2.43. The average Bonchev–Trinajstić information content (AvgIpc) is 3.41. The highest BCUT2D eigenvalue weighted by molar-refractivity contribution is 9.10. The summed E-state index contributed by atoms with van der Waals surface area (Å²) in [6.45, 7) is 6.65. The Morgan fingerprint density at radius 3 is 2.60 bits per heavy atom. The first-order valence-corrected chi connectivity index (χ1v) is 13.6. The Bertz CT molecular complexity index is 1560. The molecule has 0 spiro atoms. The van der Waals surface area contributed by atoms with E-state index < -0.39 is 6.04 Å². The molecule has 0 saturated carbocycles. The highest BCUT2D eigenvalue weighted by Gasteiger charge is 2.35. The van der Waals surface area contributed by atoms with Crippen LogP contribution in [0.5, 0.6) is 17.2 Å². The maximum atomic E-state index is 13.8. The number of nitrogens with zero attached hydrogens (tertiary/aromatic N) is 3. The molecular weight excluding hydrogens is 574 g/mol. The van der Waals surface area contributed by atoms with Gasteiger partial charge in [-0.1, -0.05) is 42.0 Å². The SMILES string of the molecule is CCOc1ccccc1NC(=O)C1=C(C)Nc2ncnn2C1c1cc(Br)c(OCc2ccc(C)cc2)c(OC)c1. The fraction of sp³-hybridized carbons (Fsp3) is 0.233. The molecule has 1 atom stereocenters. The number of ether oxygens (including phenoxy) is 3. The summed E-state index contributed by atoms with van der Waals surface area (Å²) in [6, 6.07) is 18.7. The minimum Gasteiger partial charge on any atom is -0.493 e. The smallest absolute Gasteiger partial charge is 0.255 e. The monoisotopic (exact) mass is 603 g/mol. The number of halogens is 1. The van der Waals surface area contributed by atoms with E-state index in [1.165, 1.54) is 11.9 Å². The van der Waals surface area contributed by atoms with Crippen LogP contribution in [-0.4, -0.2) is 34.4 Å². The maximum absolute atomic E-state index is 13.8. The van der Waals surface area contributed by atoms with Crippen molar-refractivity contribution in [3.8, 4) is 17.2 Å². The third kappa shape index (κ3) is 5.53. The van der Waals surface area contributed by atoms with Crippen LogP contribution in [0.2, 0.25) is 0 Å². The lowest BCUT2D eigenvalue weighted by molar-refractivity contribution is -0.113. The highest BCUT2D eigenvalue weighted by atomic mass is 79.9. The molecule has 0 radical (unpaired) electrons. The molecule has 2 heterocycles. The number of rotatable bonds is 9. The number of allylic oxidation sites excluding steroid dienone is 1. The van der Waals surface area contributed by atoms with Gasteiger partial charge in [0.2, 0.25) is 5.95 Å². The lowest BCUT2D eigenvalue weighted by Crippen LogP contribution is -2.31. The van der Waals surface area contributed by atoms with Gasteiger partial charge >= 0.3 is 0 Å². The van der Waals surface area contributed by atoms with Crippen LogP contribution in [0, 0.1) is 6.92 Å². The molecule has 0 saturated heterocycles. The Morgan fingerprint density at radius 2 is 1.85 bits per heavy atom. The zero-order valence-corrected chi connectivity index (χ0v) is 24.3. The Labute approximate surface area is 241 Å². The molecule has 1 unspecified atom stereocenters. The molecule has 1 aliphatic heterocycles. The number of benzene rings is 3. The number of hydrogen-bond acceptors (Lipinski definition) is 7. The zero-order chi connectivity index (χ0) is 28.2. The molecule has 10 heteroatoms. The number of amides is 1. The summed E-state index contributed by atoms with van der Waals surface area (Å²) in [4.78, 5) is 18.2. The minimum atomic E-state index is -0.589. The Hall–Kier alpha value is -4.31. The number of carbonyl (C=O) groups excluding carboxylic acids is 1. The van der Waals surface area contributed by atoms with E-state index in [0.29, 0.717) is 57.8 Å². The predicted octanol–water partition coefficient (Wildman–Crippen LogP) is 6.26. The molecule has 206 valence electrons. The van der Waals surface area contributed by atoms with Gasteiger partial charge in [-0.05, 0) is 72.1 Å². The van der Waals surface area contributed by atoms with Gasteiger partial charge in [-0.3, -0.25) is 4.79 Å². The number of fused-ring (bicyclic) bond motifs is 1. The van der Waals surface area contributed by atoms with Crippen molar-refractivity contribution in [3.63, 3.8) is 0 Å². The van der Waals surface area contributed by atoms with E-state index >= 15 is 0 Å². The summed E-state index contributed by atoms with van der Waals surface area (Å²) in [6.07, 6.45) is 1.46. The van der Waals surface area contributed by atoms with Crippen LogP contribution in [-0.2, 0) is 11.4 Å². The third-order valence-electron chi connectivity index (χ3n) is 6.55. The number of aryl methyl sites for hydroxylation is 1. The molecule has 0 aliphatic carbocycles. The number of para-hydroxylation sites is 2. The lowest BCUT2D eigenvalue weighted by atomic mass is 9.94. The third-order valence-corrected chi connectivity index (χ3v) is 7.13. The molecule has 5 rings (SSSR count). The van der Waals surface area contributed by atoms with Gasteiger partial charge in [0.05, 0.1) is 29.4 Å². The van der Waals surface area contributed by atoms with Crippen molar-refractivity contribution < 1.29 is 19.0 Å². The van der Waals surface area contributed by atoms with Crippen molar-refractivity contribution >= 4 is 33.5 Å². The van der Waals surface area contributed by atoms with Gasteiger partial charge in [-0.25, -0.2) is 4.68 Å². The molecule has 4 aromatic rings. The molecule has 1 aromatic heterocycles. The summed E-state index contributed by atoms with van der Waals surface area (Å²) in [7, 11) is 1.59. The summed E-state index contributed by atoms with van der Waals surface area (Å²) >= 11 is 3.67. The predicted molar refractivity (Wildman–Crippen MR) is 157 cm³/mol. The maximum Gasteiger partial charge on any atom is 0.255 e. The molecule has 2 N–H and O–H groups in total. The summed E-state index contributed by atoms with van der Waals surface area (Å²) in [5.41, 5.74) is 4.71. The molecule has 3 aromatic carbocycles. The van der Waals surface area contributed by atoms with Gasteiger partial charge in [-0.15, -0.1) is 0 Å². The van der Waals surface area contributed by atoms with E-state index in [0.717, 1.165) is 11.1 Å². The quantitative estimate of drug-likeness (QED) is 0.233. The van der Waals surface area contributed by atoms with Crippen LogP contribution in [0.1, 0.15) is 36.6 Å². The van der Waals surface area contributed by atoms with Crippen molar-refractivity contribution in [1.82, 2.24) is 14.8 Å². The van der Waals surface area contributed by atoms with Crippen molar-refractivity contribution in [2.75, 3.05) is 24.4 Å². The van der Waals surface area contributed by atoms with Crippen LogP contribution >= 0.6 is 15.9 Å². The number of nitrogens with one attached hydrogen (secondary N) is 2. The first-order chi connectivity index (χ1) is 19.4. The topological polar surface area (TPSA) is 99.5 Å². The van der Waals surface area contributed by atoms with Crippen LogP contribution in [0.3, 0.4) is 0 Å². The van der Waals surface area contributed by atoms with Gasteiger partial charge in [0.15, 0.2) is 11.5 Å². The minimum absolute atomic E-state index is 0.293. The number of hydrogen-bond donors (Lipinski definition) is 2. The van der Waals surface area contributed by atoms with Gasteiger partial charge in [-0.2, -0.15) is 10.1 Å². The van der Waals surface area contributed by atoms with E-state index in [2.05, 4.69) is 48.8 Å². The van der Waals surface area contributed by atoms with Crippen molar-refractivity contribution in [1.29, 1.82) is 0 Å². The molecule has 1 amide bonds. The van der Waals surface area contributed by atoms with E-state index in [9.17, 15) is 4.79 Å². The van der Waals surface area contributed by atoms with Crippen LogP contribution in [0.4, 0.5) is 11.6 Å². The molecule has 0 bridgehead atoms. The Balaban J connectivity index is 1.51. The van der Waals surface area contributed by atoms with Crippen LogP contribution in [0.15, 0.2) is 82.7 Å². The van der Waals surface area contributed by atoms with Crippen LogP contribution in [0.25, 0.3) is 0 Å². The van der Waals surface area contributed by atoms with Crippen molar-refractivity contribution in [3.05, 3.63) is 99.4 Å². The standard InChI is InChI=1S/C30H30BrN5O4/c1-5-39-24-9-7-6-8-23(24)35-29(37)26-19(3)34-30-32-17-33-36(30)27(26)21-14-22(31)28(25(15-21)38-4)40-16-20-12-10-18(2)11-13-20/h6-15,17,27H,5,16H2,1-4H3,(H,35,37)(H,32,33,34). The van der Waals surface area contributed by atoms with Crippen molar-refractivity contribution in [2.45, 2.75) is 33.4 Å². The van der Waals surface area contributed by atoms with E-state index in [1.807, 2.05) is 69.3 Å². The second-order valence-corrected chi connectivity index (χ2v) is 10.1. The van der Waals surface area contributed by atoms with E-state index in [-0.39, 0.29) is 5.91 Å². The number of methoxy groups -OCH3 is 1. The van der Waals surface area contributed by atoms with Crippen molar-refractivity contribution in [2.24, 2.45) is 0 Å². The first-order valence-electron chi connectivity index (χ1n) is 12.9. The first kappa shape index (κ1) is 27.3. The van der Waals surface area contributed by atoms with Gasteiger partial charge in [0.25, 0.3) is 5.91 Å². The normalized spacial score (nSPS) is 14.3. The second-order valence-electron chi connectivity index (χ2n) is 9.29. The summed E-state index contributed by atoms with van der Waals surface area (Å²) in [5.74, 6) is 1.92.